The van der Waals surface area contributed by atoms with Crippen molar-refractivity contribution in [2.75, 3.05) is 32.0 Å². The maximum absolute atomic E-state index is 11.7. The molecule has 3 N–H and O–H groups in total. The molecule has 1 amide bonds. The maximum Gasteiger partial charge on any atom is 0.230 e. The van der Waals surface area contributed by atoms with Gasteiger partial charge < -0.3 is 15.7 Å². The zero-order valence-electron chi connectivity index (χ0n) is 11.5. The van der Waals surface area contributed by atoms with E-state index in [2.05, 4.69) is 24.5 Å². The first kappa shape index (κ1) is 15.8. The molecular formula is C13H26N2O2S. The summed E-state index contributed by atoms with van der Waals surface area (Å²) in [4.78, 5) is 11.7. The number of piperidine rings is 1. The predicted molar refractivity (Wildman–Crippen MR) is 76.8 cm³/mol. The number of carbonyl (C=O) groups excluding carboxylic acids is 1. The van der Waals surface area contributed by atoms with Gasteiger partial charge in [0, 0.05) is 18.4 Å². The average molecular weight is 274 g/mol. The third-order valence-electron chi connectivity index (χ3n) is 3.29. The highest BCUT2D eigenvalue weighted by molar-refractivity contribution is 8.00. The lowest BCUT2D eigenvalue weighted by Gasteiger charge is -2.24. The summed E-state index contributed by atoms with van der Waals surface area (Å²) in [5.74, 6) is 0.671. The minimum atomic E-state index is -0.0240. The van der Waals surface area contributed by atoms with Gasteiger partial charge >= 0.3 is 0 Å². The predicted octanol–water partition coefficient (Wildman–Crippen LogP) is 0.996. The monoisotopic (exact) mass is 274 g/mol. The molecule has 4 nitrogen and oxygen atoms in total. The van der Waals surface area contributed by atoms with Gasteiger partial charge in [0.2, 0.25) is 5.91 Å². The number of aliphatic hydroxyl groups excluding tert-OH is 1. The molecular weight excluding hydrogens is 248 g/mol. The Hall–Kier alpha value is -0.260. The molecule has 0 spiro atoms. The van der Waals surface area contributed by atoms with Crippen LogP contribution in [0.3, 0.4) is 0 Å². The van der Waals surface area contributed by atoms with Gasteiger partial charge in [0.05, 0.1) is 5.75 Å². The first-order valence-electron chi connectivity index (χ1n) is 6.73. The van der Waals surface area contributed by atoms with Gasteiger partial charge in [-0.1, -0.05) is 13.8 Å². The third-order valence-corrected chi connectivity index (χ3v) is 4.66. The molecule has 0 aromatic carbocycles. The highest BCUT2D eigenvalue weighted by Crippen LogP contribution is 2.20. The van der Waals surface area contributed by atoms with Gasteiger partial charge in [-0.3, -0.25) is 4.79 Å². The van der Waals surface area contributed by atoms with Crippen LogP contribution in [0.25, 0.3) is 0 Å². The first-order chi connectivity index (χ1) is 8.53. The molecule has 106 valence electrons. The summed E-state index contributed by atoms with van der Waals surface area (Å²) in [5, 5.41) is 15.8. The van der Waals surface area contributed by atoms with Gasteiger partial charge in [0.1, 0.15) is 0 Å². The van der Waals surface area contributed by atoms with E-state index in [4.69, 9.17) is 5.11 Å². The Labute approximate surface area is 114 Å². The molecule has 1 heterocycles. The quantitative estimate of drug-likeness (QED) is 0.648. The van der Waals surface area contributed by atoms with Crippen molar-refractivity contribution in [2.45, 2.75) is 38.4 Å². The van der Waals surface area contributed by atoms with E-state index in [1.165, 1.54) is 0 Å². The lowest BCUT2D eigenvalue weighted by Crippen LogP contribution is -2.36. The summed E-state index contributed by atoms with van der Waals surface area (Å²) >= 11 is 1.77. The highest BCUT2D eigenvalue weighted by atomic mass is 32.2. The summed E-state index contributed by atoms with van der Waals surface area (Å²) in [7, 11) is 0. The van der Waals surface area contributed by atoms with Gasteiger partial charge in [-0.05, 0) is 37.8 Å². The highest BCUT2D eigenvalue weighted by Gasteiger charge is 2.19. The Morgan fingerprint density at radius 1 is 1.44 bits per heavy atom. The second kappa shape index (κ2) is 8.02. The second-order valence-electron chi connectivity index (χ2n) is 5.67. The molecule has 5 heteroatoms. The van der Waals surface area contributed by atoms with Crippen LogP contribution in [0, 0.1) is 5.41 Å². The zero-order chi connectivity index (χ0) is 13.4. The summed E-state index contributed by atoms with van der Waals surface area (Å²) in [5.41, 5.74) is -0.0240. The average Bonchev–Trinajstić information content (AvgIpc) is 2.35. The van der Waals surface area contributed by atoms with Crippen molar-refractivity contribution in [3.8, 4) is 0 Å². The minimum Gasteiger partial charge on any atom is -0.396 e. The molecule has 0 atom stereocenters. The minimum absolute atomic E-state index is 0.0240. The molecule has 1 aliphatic heterocycles. The van der Waals surface area contributed by atoms with Gasteiger partial charge in [0.15, 0.2) is 0 Å². The fourth-order valence-electron chi connectivity index (χ4n) is 1.94. The fourth-order valence-corrected chi connectivity index (χ4v) is 2.99. The fraction of sp³-hybridized carbons (Fsp3) is 0.923. The van der Waals surface area contributed by atoms with Crippen LogP contribution in [0.4, 0.5) is 0 Å². The third kappa shape index (κ3) is 6.61. The first-order valence-corrected chi connectivity index (χ1v) is 7.78. The van der Waals surface area contributed by atoms with E-state index in [9.17, 15) is 4.79 Å². The van der Waals surface area contributed by atoms with Crippen molar-refractivity contribution in [1.82, 2.24) is 10.6 Å². The van der Waals surface area contributed by atoms with E-state index in [1.54, 1.807) is 11.8 Å². The van der Waals surface area contributed by atoms with Gasteiger partial charge in [-0.15, -0.1) is 11.8 Å². The van der Waals surface area contributed by atoms with Crippen molar-refractivity contribution in [3.05, 3.63) is 0 Å². The zero-order valence-corrected chi connectivity index (χ0v) is 12.3. The van der Waals surface area contributed by atoms with E-state index < -0.39 is 0 Å². The molecule has 0 aliphatic carbocycles. The number of amides is 1. The molecule has 0 radical (unpaired) electrons. The lowest BCUT2D eigenvalue weighted by molar-refractivity contribution is -0.119. The number of nitrogens with one attached hydrogen (secondary N) is 2. The Kier molecular flexibility index (Phi) is 7.04. The van der Waals surface area contributed by atoms with Gasteiger partial charge in [-0.25, -0.2) is 0 Å². The summed E-state index contributed by atoms with van der Waals surface area (Å²) in [6.45, 7) is 7.07. The van der Waals surface area contributed by atoms with Crippen molar-refractivity contribution in [3.63, 3.8) is 0 Å². The Balaban J connectivity index is 2.13. The van der Waals surface area contributed by atoms with Crippen LogP contribution in [-0.2, 0) is 4.79 Å². The van der Waals surface area contributed by atoms with Crippen molar-refractivity contribution in [2.24, 2.45) is 5.41 Å². The van der Waals surface area contributed by atoms with E-state index in [0.717, 1.165) is 25.9 Å². The molecule has 0 bridgehead atoms. The molecule has 0 unspecified atom stereocenters. The standard InChI is InChI=1S/C13H26N2O2S/c1-13(2,5-8-16)10-15-12(17)9-18-11-3-6-14-7-4-11/h11,14,16H,3-10H2,1-2H3,(H,15,17). The Morgan fingerprint density at radius 2 is 2.11 bits per heavy atom. The lowest BCUT2D eigenvalue weighted by atomic mass is 9.90. The van der Waals surface area contributed by atoms with Crippen LogP contribution in [0.1, 0.15) is 33.1 Å². The summed E-state index contributed by atoms with van der Waals surface area (Å²) in [6, 6.07) is 0. The molecule has 18 heavy (non-hydrogen) atoms. The number of aliphatic hydroxyl groups is 1. The Morgan fingerprint density at radius 3 is 2.72 bits per heavy atom. The van der Waals surface area contributed by atoms with Crippen LogP contribution in [0.15, 0.2) is 0 Å². The smallest absolute Gasteiger partial charge is 0.230 e. The number of carbonyl (C=O) groups is 1. The summed E-state index contributed by atoms with van der Waals surface area (Å²) in [6.07, 6.45) is 3.04. The maximum atomic E-state index is 11.7. The van der Waals surface area contributed by atoms with Crippen molar-refractivity contribution < 1.29 is 9.90 Å². The van der Waals surface area contributed by atoms with Crippen molar-refractivity contribution >= 4 is 17.7 Å². The molecule has 0 aromatic rings. The molecule has 0 saturated carbocycles. The van der Waals surface area contributed by atoms with E-state index in [-0.39, 0.29) is 17.9 Å². The van der Waals surface area contributed by atoms with Crippen molar-refractivity contribution in [1.29, 1.82) is 0 Å². The van der Waals surface area contributed by atoms with Crippen LogP contribution in [0.2, 0.25) is 0 Å². The number of hydrogen-bond donors (Lipinski definition) is 3. The van der Waals surface area contributed by atoms with Gasteiger partial charge in [0.25, 0.3) is 0 Å². The number of rotatable bonds is 7. The number of thioether (sulfide) groups is 1. The summed E-state index contributed by atoms with van der Waals surface area (Å²) < 4.78 is 0. The molecule has 0 aromatic heterocycles. The topological polar surface area (TPSA) is 61.4 Å². The van der Waals surface area contributed by atoms with E-state index >= 15 is 0 Å². The molecule has 1 fully saturated rings. The van der Waals surface area contributed by atoms with Gasteiger partial charge in [-0.2, -0.15) is 0 Å². The van der Waals surface area contributed by atoms with Crippen LogP contribution in [-0.4, -0.2) is 48.3 Å². The molecule has 1 aliphatic rings. The SMILES string of the molecule is CC(C)(CCO)CNC(=O)CSC1CCNCC1. The van der Waals surface area contributed by atoms with Crippen LogP contribution >= 0.6 is 11.8 Å². The normalized spacial score (nSPS) is 17.7. The second-order valence-corrected chi connectivity index (χ2v) is 6.96. The van der Waals surface area contributed by atoms with Crippen LogP contribution in [0.5, 0.6) is 0 Å². The molecule has 1 rings (SSSR count). The molecule has 1 saturated heterocycles. The number of hydrogen-bond acceptors (Lipinski definition) is 4. The van der Waals surface area contributed by atoms with E-state index in [0.29, 0.717) is 24.0 Å². The largest absolute Gasteiger partial charge is 0.396 e. The Bertz CT molecular complexity index is 253. The van der Waals surface area contributed by atoms with E-state index in [1.807, 2.05) is 0 Å². The van der Waals surface area contributed by atoms with Crippen LogP contribution < -0.4 is 10.6 Å².